The van der Waals surface area contributed by atoms with Gasteiger partial charge in [-0.3, -0.25) is 14.5 Å². The van der Waals surface area contributed by atoms with Gasteiger partial charge in [0.2, 0.25) is 15.9 Å². The Morgan fingerprint density at radius 2 is 1.84 bits per heavy atom. The molecular formula is C22H24ClN3O5S. The summed E-state index contributed by atoms with van der Waals surface area (Å²) < 4.78 is 30.6. The first-order valence-corrected chi connectivity index (χ1v) is 12.4. The number of morpholine rings is 1. The second-order valence-corrected chi connectivity index (χ2v) is 10.1. The van der Waals surface area contributed by atoms with Crippen LogP contribution in [0.1, 0.15) is 28.4 Å². The average Bonchev–Trinajstić information content (AvgIpc) is 3.07. The number of nitrogens with zero attached hydrogens (tertiary/aromatic N) is 2. The normalized spacial score (nSPS) is 19.7. The number of amides is 2. The molecule has 0 bridgehead atoms. The largest absolute Gasteiger partial charge is 0.379 e. The molecular weight excluding hydrogens is 454 g/mol. The lowest BCUT2D eigenvalue weighted by molar-refractivity contribution is -0.116. The van der Waals surface area contributed by atoms with Crippen LogP contribution in [0.15, 0.2) is 48.5 Å². The molecule has 2 amide bonds. The van der Waals surface area contributed by atoms with Crippen LogP contribution in [-0.2, 0) is 19.6 Å². The van der Waals surface area contributed by atoms with Gasteiger partial charge in [-0.25, -0.2) is 12.7 Å². The van der Waals surface area contributed by atoms with E-state index in [1.54, 1.807) is 12.1 Å². The van der Waals surface area contributed by atoms with Crippen LogP contribution in [0.5, 0.6) is 0 Å². The molecule has 0 aromatic heterocycles. The van der Waals surface area contributed by atoms with Gasteiger partial charge in [-0.05, 0) is 35.9 Å². The zero-order valence-electron chi connectivity index (χ0n) is 17.4. The number of sulfonamides is 1. The van der Waals surface area contributed by atoms with Crippen molar-refractivity contribution in [3.63, 3.8) is 0 Å². The number of halogens is 1. The first-order valence-electron chi connectivity index (χ1n) is 10.4. The van der Waals surface area contributed by atoms with E-state index in [0.717, 1.165) is 23.0 Å². The Kier molecular flexibility index (Phi) is 6.80. The van der Waals surface area contributed by atoms with Gasteiger partial charge in [0.25, 0.3) is 5.91 Å². The van der Waals surface area contributed by atoms with Crippen LogP contribution in [0.3, 0.4) is 0 Å². The summed E-state index contributed by atoms with van der Waals surface area (Å²) in [6.07, 6.45) is -0.0545. The first kappa shape index (κ1) is 22.7. The molecule has 0 radical (unpaired) electrons. The molecule has 1 atom stereocenters. The van der Waals surface area contributed by atoms with E-state index < -0.39 is 15.9 Å². The van der Waals surface area contributed by atoms with E-state index in [-0.39, 0.29) is 35.4 Å². The highest BCUT2D eigenvalue weighted by Gasteiger charge is 2.36. The van der Waals surface area contributed by atoms with E-state index in [1.807, 2.05) is 24.3 Å². The number of carbonyl (C=O) groups is 2. The lowest BCUT2D eigenvalue weighted by Gasteiger charge is -2.35. The van der Waals surface area contributed by atoms with E-state index in [9.17, 15) is 18.0 Å². The Hall–Kier alpha value is -2.46. The monoisotopic (exact) mass is 477 g/mol. The van der Waals surface area contributed by atoms with Crippen molar-refractivity contribution in [1.29, 1.82) is 0 Å². The minimum atomic E-state index is -3.69. The van der Waals surface area contributed by atoms with Crippen molar-refractivity contribution in [3.8, 4) is 0 Å². The molecule has 170 valence electrons. The van der Waals surface area contributed by atoms with Gasteiger partial charge in [0.1, 0.15) is 0 Å². The molecule has 0 spiro atoms. The molecule has 32 heavy (non-hydrogen) atoms. The van der Waals surface area contributed by atoms with Gasteiger partial charge in [0, 0.05) is 36.6 Å². The Morgan fingerprint density at radius 3 is 2.50 bits per heavy atom. The van der Waals surface area contributed by atoms with Crippen molar-refractivity contribution < 1.29 is 22.7 Å². The van der Waals surface area contributed by atoms with Crippen LogP contribution in [0, 0.1) is 0 Å². The molecule has 2 aromatic rings. The molecule has 1 unspecified atom stereocenters. The van der Waals surface area contributed by atoms with Crippen molar-refractivity contribution in [3.05, 3.63) is 64.7 Å². The summed E-state index contributed by atoms with van der Waals surface area (Å²) in [5.41, 5.74) is 1.50. The smallest absolute Gasteiger partial charge is 0.251 e. The SMILES string of the molecule is O=C(NCC(c1ccc(Cl)cc1)N1CCOCC1)c1cccc(N2C(=O)CCS2(=O)=O)c1. The van der Waals surface area contributed by atoms with Crippen molar-refractivity contribution in [2.24, 2.45) is 0 Å². The van der Waals surface area contributed by atoms with Gasteiger partial charge in [0.15, 0.2) is 0 Å². The lowest BCUT2D eigenvalue weighted by Crippen LogP contribution is -2.43. The topological polar surface area (TPSA) is 96.0 Å². The van der Waals surface area contributed by atoms with E-state index in [2.05, 4.69) is 10.2 Å². The summed E-state index contributed by atoms with van der Waals surface area (Å²) in [4.78, 5) is 27.2. The second kappa shape index (κ2) is 9.58. The highest BCUT2D eigenvalue weighted by atomic mass is 35.5. The maximum absolute atomic E-state index is 12.9. The highest BCUT2D eigenvalue weighted by Crippen LogP contribution is 2.26. The van der Waals surface area contributed by atoms with Gasteiger partial charge in [0.05, 0.1) is 30.7 Å². The number of benzene rings is 2. The van der Waals surface area contributed by atoms with Gasteiger partial charge >= 0.3 is 0 Å². The lowest BCUT2D eigenvalue weighted by atomic mass is 10.0. The molecule has 8 nitrogen and oxygen atoms in total. The fourth-order valence-electron chi connectivity index (χ4n) is 3.97. The Labute approximate surface area is 192 Å². The number of rotatable bonds is 6. The summed E-state index contributed by atoms with van der Waals surface area (Å²) in [7, 11) is -3.69. The fraction of sp³-hybridized carbons (Fsp3) is 0.364. The summed E-state index contributed by atoms with van der Waals surface area (Å²) in [5.74, 6) is -1.05. The van der Waals surface area contributed by atoms with Crippen LogP contribution in [-0.4, -0.2) is 63.7 Å². The number of hydrogen-bond donors (Lipinski definition) is 1. The third-order valence-corrected chi connectivity index (χ3v) is 7.56. The van der Waals surface area contributed by atoms with Crippen LogP contribution >= 0.6 is 11.6 Å². The minimum absolute atomic E-state index is 0.0545. The number of nitrogens with one attached hydrogen (secondary N) is 1. The molecule has 10 heteroatoms. The van der Waals surface area contributed by atoms with Crippen LogP contribution < -0.4 is 9.62 Å². The minimum Gasteiger partial charge on any atom is -0.379 e. The molecule has 2 fully saturated rings. The van der Waals surface area contributed by atoms with E-state index in [4.69, 9.17) is 16.3 Å². The zero-order valence-corrected chi connectivity index (χ0v) is 18.9. The van der Waals surface area contributed by atoms with Crippen molar-refractivity contribution >= 4 is 39.1 Å². The molecule has 0 saturated carbocycles. The molecule has 0 aliphatic carbocycles. The van der Waals surface area contributed by atoms with Crippen LogP contribution in [0.2, 0.25) is 5.02 Å². The summed E-state index contributed by atoms with van der Waals surface area (Å²) in [6, 6.07) is 13.6. The Morgan fingerprint density at radius 1 is 1.12 bits per heavy atom. The Balaban J connectivity index is 1.51. The average molecular weight is 478 g/mol. The Bertz CT molecular complexity index is 1100. The molecule has 2 aliphatic heterocycles. The molecule has 2 heterocycles. The van der Waals surface area contributed by atoms with Crippen LogP contribution in [0.25, 0.3) is 0 Å². The predicted octanol–water partition coefficient (Wildman–Crippen LogP) is 2.21. The summed E-state index contributed by atoms with van der Waals surface area (Å²) in [6.45, 7) is 3.09. The van der Waals surface area contributed by atoms with Gasteiger partial charge in [-0.2, -0.15) is 0 Å². The fourth-order valence-corrected chi connectivity index (χ4v) is 5.54. The number of anilines is 1. The first-order chi connectivity index (χ1) is 15.3. The van der Waals surface area contributed by atoms with Gasteiger partial charge < -0.3 is 10.1 Å². The molecule has 2 aliphatic rings. The van der Waals surface area contributed by atoms with E-state index in [1.165, 1.54) is 12.1 Å². The van der Waals surface area contributed by atoms with Gasteiger partial charge in [-0.15, -0.1) is 0 Å². The maximum Gasteiger partial charge on any atom is 0.251 e. The number of carbonyl (C=O) groups excluding carboxylic acids is 2. The standard InChI is InChI=1S/C22H24ClN3O5S/c23-18-6-4-16(5-7-18)20(25-9-11-31-12-10-25)15-24-22(28)17-2-1-3-19(14-17)26-21(27)8-13-32(26,29)30/h1-7,14,20H,8-13,15H2,(H,24,28). The summed E-state index contributed by atoms with van der Waals surface area (Å²) >= 11 is 6.03. The van der Waals surface area contributed by atoms with E-state index in [0.29, 0.717) is 24.8 Å². The zero-order chi connectivity index (χ0) is 22.7. The second-order valence-electron chi connectivity index (χ2n) is 7.70. The van der Waals surface area contributed by atoms with Crippen molar-refractivity contribution in [2.45, 2.75) is 12.5 Å². The van der Waals surface area contributed by atoms with Crippen molar-refractivity contribution in [2.75, 3.05) is 42.9 Å². The quantitative estimate of drug-likeness (QED) is 0.685. The molecule has 1 N–H and O–H groups in total. The maximum atomic E-state index is 12.9. The molecule has 2 saturated heterocycles. The van der Waals surface area contributed by atoms with Crippen LogP contribution in [0.4, 0.5) is 5.69 Å². The third-order valence-electron chi connectivity index (χ3n) is 5.62. The molecule has 4 rings (SSSR count). The van der Waals surface area contributed by atoms with E-state index >= 15 is 0 Å². The third kappa shape index (κ3) is 4.96. The highest BCUT2D eigenvalue weighted by molar-refractivity contribution is 7.94. The van der Waals surface area contributed by atoms with Crippen molar-refractivity contribution in [1.82, 2.24) is 10.2 Å². The number of hydrogen-bond acceptors (Lipinski definition) is 6. The predicted molar refractivity (Wildman–Crippen MR) is 121 cm³/mol. The van der Waals surface area contributed by atoms with Gasteiger partial charge in [-0.1, -0.05) is 29.8 Å². The summed E-state index contributed by atoms with van der Waals surface area (Å²) in [5, 5.41) is 3.59. The molecule has 2 aromatic carbocycles. The number of ether oxygens (including phenoxy) is 1.